The third-order valence-corrected chi connectivity index (χ3v) is 3.57. The van der Waals surface area contributed by atoms with E-state index >= 15 is 0 Å². The molecule has 0 radical (unpaired) electrons. The number of carbonyl (C=O) groups excluding carboxylic acids is 1. The third kappa shape index (κ3) is 2.64. The smallest absolute Gasteiger partial charge is 0.257 e. The van der Waals surface area contributed by atoms with E-state index in [9.17, 15) is 4.79 Å². The van der Waals surface area contributed by atoms with Gasteiger partial charge in [0.25, 0.3) is 5.91 Å². The van der Waals surface area contributed by atoms with Crippen molar-refractivity contribution in [1.29, 1.82) is 0 Å². The largest absolute Gasteiger partial charge is 0.496 e. The Bertz CT molecular complexity index is 412. The van der Waals surface area contributed by atoms with Gasteiger partial charge in [-0.2, -0.15) is 0 Å². The highest BCUT2D eigenvalue weighted by molar-refractivity contribution is 5.97. The van der Waals surface area contributed by atoms with E-state index in [-0.39, 0.29) is 5.91 Å². The number of carbonyl (C=O) groups is 1. The van der Waals surface area contributed by atoms with Crippen LogP contribution in [-0.2, 0) is 0 Å². The van der Waals surface area contributed by atoms with Crippen LogP contribution in [0.1, 0.15) is 23.2 Å². The van der Waals surface area contributed by atoms with E-state index < -0.39 is 0 Å². The van der Waals surface area contributed by atoms with Gasteiger partial charge in [-0.25, -0.2) is 0 Å². The molecule has 0 aromatic heterocycles. The molecule has 1 aliphatic rings. The summed E-state index contributed by atoms with van der Waals surface area (Å²) < 4.78 is 5.23. The fourth-order valence-corrected chi connectivity index (χ4v) is 2.36. The van der Waals surface area contributed by atoms with Crippen LogP contribution in [0.4, 0.5) is 0 Å². The number of para-hydroxylation sites is 1. The first-order valence-electron chi connectivity index (χ1n) is 6.38. The van der Waals surface area contributed by atoms with Gasteiger partial charge < -0.3 is 15.4 Å². The van der Waals surface area contributed by atoms with Crippen LogP contribution >= 0.6 is 0 Å². The topological polar surface area (TPSA) is 55.6 Å². The van der Waals surface area contributed by atoms with Gasteiger partial charge in [0, 0.05) is 13.1 Å². The predicted molar refractivity (Wildman–Crippen MR) is 70.7 cm³/mol. The maximum Gasteiger partial charge on any atom is 0.257 e. The summed E-state index contributed by atoms with van der Waals surface area (Å²) in [5, 5.41) is 0. The lowest BCUT2D eigenvalue weighted by Crippen LogP contribution is -2.40. The molecule has 1 aliphatic heterocycles. The van der Waals surface area contributed by atoms with Crippen molar-refractivity contribution in [3.05, 3.63) is 29.8 Å². The minimum absolute atomic E-state index is 0.0583. The maximum atomic E-state index is 12.4. The standard InChI is InChI=1S/C14H20N2O2/c1-18-13-5-3-2-4-12(13)14(17)16-8-6-11(10-15)7-9-16/h2-5,11H,6-10,15H2,1H3. The molecular formula is C14H20N2O2. The molecule has 18 heavy (non-hydrogen) atoms. The number of hydrogen-bond acceptors (Lipinski definition) is 3. The van der Waals surface area contributed by atoms with E-state index in [0.29, 0.717) is 17.2 Å². The fourth-order valence-electron chi connectivity index (χ4n) is 2.36. The molecule has 0 saturated carbocycles. The summed E-state index contributed by atoms with van der Waals surface area (Å²) in [4.78, 5) is 14.3. The Morgan fingerprint density at radius 1 is 1.39 bits per heavy atom. The van der Waals surface area contributed by atoms with Gasteiger partial charge >= 0.3 is 0 Å². The van der Waals surface area contributed by atoms with Crippen LogP contribution in [-0.4, -0.2) is 37.6 Å². The highest BCUT2D eigenvalue weighted by atomic mass is 16.5. The molecular weight excluding hydrogens is 228 g/mol. The number of amides is 1. The van der Waals surface area contributed by atoms with Crippen LogP contribution < -0.4 is 10.5 Å². The molecule has 1 amide bonds. The summed E-state index contributed by atoms with van der Waals surface area (Å²) in [5.74, 6) is 1.26. The SMILES string of the molecule is COc1ccccc1C(=O)N1CCC(CN)CC1. The summed E-state index contributed by atoms with van der Waals surface area (Å²) >= 11 is 0. The average Bonchev–Trinajstić information content (AvgIpc) is 2.46. The van der Waals surface area contributed by atoms with Gasteiger partial charge in [-0.05, 0) is 37.4 Å². The van der Waals surface area contributed by atoms with Gasteiger partial charge in [-0.1, -0.05) is 12.1 Å². The third-order valence-electron chi connectivity index (χ3n) is 3.57. The molecule has 1 heterocycles. The van der Waals surface area contributed by atoms with Crippen LogP contribution in [0.2, 0.25) is 0 Å². The Morgan fingerprint density at radius 2 is 2.06 bits per heavy atom. The highest BCUT2D eigenvalue weighted by Crippen LogP contribution is 2.22. The number of methoxy groups -OCH3 is 1. The van der Waals surface area contributed by atoms with Crippen LogP contribution in [0.15, 0.2) is 24.3 Å². The molecule has 0 spiro atoms. The van der Waals surface area contributed by atoms with E-state index in [4.69, 9.17) is 10.5 Å². The maximum absolute atomic E-state index is 12.4. The number of ether oxygens (including phenoxy) is 1. The Balaban J connectivity index is 2.08. The van der Waals surface area contributed by atoms with Gasteiger partial charge in [0.05, 0.1) is 12.7 Å². The zero-order valence-electron chi connectivity index (χ0n) is 10.8. The monoisotopic (exact) mass is 248 g/mol. The summed E-state index contributed by atoms with van der Waals surface area (Å²) in [7, 11) is 1.59. The molecule has 1 aromatic rings. The van der Waals surface area contributed by atoms with Crippen molar-refractivity contribution in [3.8, 4) is 5.75 Å². The molecule has 4 heteroatoms. The zero-order valence-corrected chi connectivity index (χ0v) is 10.8. The molecule has 1 aromatic carbocycles. The Morgan fingerprint density at radius 3 is 2.67 bits per heavy atom. The Labute approximate surface area is 108 Å². The summed E-state index contributed by atoms with van der Waals surface area (Å²) in [6.45, 7) is 2.30. The molecule has 0 bridgehead atoms. The first-order valence-corrected chi connectivity index (χ1v) is 6.38. The van der Waals surface area contributed by atoms with E-state index in [2.05, 4.69) is 0 Å². The number of likely N-dealkylation sites (tertiary alicyclic amines) is 1. The molecule has 0 aliphatic carbocycles. The van der Waals surface area contributed by atoms with Gasteiger partial charge in [-0.15, -0.1) is 0 Å². The number of hydrogen-bond donors (Lipinski definition) is 1. The second-order valence-corrected chi connectivity index (χ2v) is 4.67. The van der Waals surface area contributed by atoms with Crippen molar-refractivity contribution in [2.45, 2.75) is 12.8 Å². The number of rotatable bonds is 3. The first kappa shape index (κ1) is 12.9. The lowest BCUT2D eigenvalue weighted by Gasteiger charge is -2.31. The molecule has 2 rings (SSSR count). The van der Waals surface area contributed by atoms with Crippen molar-refractivity contribution in [2.75, 3.05) is 26.7 Å². The minimum Gasteiger partial charge on any atom is -0.496 e. The Kier molecular flexibility index (Phi) is 4.20. The average molecular weight is 248 g/mol. The van der Waals surface area contributed by atoms with Crippen molar-refractivity contribution >= 4 is 5.91 Å². The van der Waals surface area contributed by atoms with E-state index in [1.807, 2.05) is 29.2 Å². The van der Waals surface area contributed by atoms with Gasteiger partial charge in [-0.3, -0.25) is 4.79 Å². The molecule has 1 fully saturated rings. The summed E-state index contributed by atoms with van der Waals surface area (Å²) in [6.07, 6.45) is 1.99. The quantitative estimate of drug-likeness (QED) is 0.882. The van der Waals surface area contributed by atoms with E-state index in [1.165, 1.54) is 0 Å². The normalized spacial score (nSPS) is 16.7. The van der Waals surface area contributed by atoms with Crippen LogP contribution in [0.3, 0.4) is 0 Å². The second kappa shape index (κ2) is 5.87. The van der Waals surface area contributed by atoms with Crippen molar-refractivity contribution in [2.24, 2.45) is 11.7 Å². The van der Waals surface area contributed by atoms with Crippen molar-refractivity contribution in [1.82, 2.24) is 4.90 Å². The van der Waals surface area contributed by atoms with Crippen molar-refractivity contribution < 1.29 is 9.53 Å². The van der Waals surface area contributed by atoms with Crippen LogP contribution in [0, 0.1) is 5.92 Å². The first-order chi connectivity index (χ1) is 8.76. The van der Waals surface area contributed by atoms with Gasteiger partial charge in [0.15, 0.2) is 0 Å². The lowest BCUT2D eigenvalue weighted by molar-refractivity contribution is 0.0690. The van der Waals surface area contributed by atoms with E-state index in [0.717, 1.165) is 32.5 Å². The van der Waals surface area contributed by atoms with Gasteiger partial charge in [0.1, 0.15) is 5.75 Å². The van der Waals surface area contributed by atoms with Gasteiger partial charge in [0.2, 0.25) is 0 Å². The molecule has 1 saturated heterocycles. The van der Waals surface area contributed by atoms with Crippen molar-refractivity contribution in [3.63, 3.8) is 0 Å². The van der Waals surface area contributed by atoms with E-state index in [1.54, 1.807) is 7.11 Å². The predicted octanol–water partition coefficient (Wildman–Crippen LogP) is 1.51. The number of piperidine rings is 1. The number of nitrogens with zero attached hydrogens (tertiary/aromatic N) is 1. The second-order valence-electron chi connectivity index (χ2n) is 4.67. The summed E-state index contributed by atoms with van der Waals surface area (Å²) in [5.41, 5.74) is 6.30. The fraction of sp³-hybridized carbons (Fsp3) is 0.500. The van der Waals surface area contributed by atoms with Crippen LogP contribution in [0.5, 0.6) is 5.75 Å². The van der Waals surface area contributed by atoms with Crippen LogP contribution in [0.25, 0.3) is 0 Å². The lowest BCUT2D eigenvalue weighted by atomic mass is 9.96. The summed E-state index contributed by atoms with van der Waals surface area (Å²) in [6, 6.07) is 7.37. The number of benzene rings is 1. The minimum atomic E-state index is 0.0583. The number of nitrogens with two attached hydrogens (primary N) is 1. The molecule has 2 N–H and O–H groups in total. The molecule has 0 atom stereocenters. The molecule has 0 unspecified atom stereocenters. The molecule has 98 valence electrons. The highest BCUT2D eigenvalue weighted by Gasteiger charge is 2.24. The Hall–Kier alpha value is -1.55. The zero-order chi connectivity index (χ0) is 13.0. The molecule has 4 nitrogen and oxygen atoms in total.